The molecule has 1 unspecified atom stereocenters. The summed E-state index contributed by atoms with van der Waals surface area (Å²) in [5.41, 5.74) is 1.69. The van der Waals surface area contributed by atoms with Crippen LogP contribution in [0.1, 0.15) is 12.5 Å². The molecule has 1 aliphatic rings. The van der Waals surface area contributed by atoms with Crippen molar-refractivity contribution >= 4 is 43.5 Å². The van der Waals surface area contributed by atoms with Crippen LogP contribution < -0.4 is 0 Å². The minimum atomic E-state index is -0.727. The topological polar surface area (TPSA) is 32.7 Å². The van der Waals surface area contributed by atoms with Gasteiger partial charge in [0.2, 0.25) is 0 Å². The molecule has 1 heterocycles. The maximum Gasteiger partial charge on any atom is 0.265 e. The fraction of sp³-hybridized carbons (Fsp3) is 0.273. The van der Waals surface area contributed by atoms with Crippen LogP contribution in [0.25, 0.3) is 0 Å². The summed E-state index contributed by atoms with van der Waals surface area (Å²) in [6.07, 6.45) is 0. The van der Waals surface area contributed by atoms with Crippen LogP contribution in [0.3, 0.4) is 0 Å². The molecule has 0 radical (unpaired) electrons. The van der Waals surface area contributed by atoms with Gasteiger partial charge in [0.15, 0.2) is 0 Å². The second kappa shape index (κ2) is 3.96. The lowest BCUT2D eigenvalue weighted by atomic mass is 9.99. The zero-order chi connectivity index (χ0) is 11.9. The van der Waals surface area contributed by atoms with E-state index in [1.165, 1.54) is 5.01 Å². The van der Waals surface area contributed by atoms with E-state index in [1.54, 1.807) is 7.05 Å². The highest BCUT2D eigenvalue weighted by Gasteiger charge is 2.44. The molecule has 0 aliphatic carbocycles. The van der Waals surface area contributed by atoms with Gasteiger partial charge in [-0.3, -0.25) is 4.79 Å². The Hall–Kier alpha value is -0.680. The number of carbonyl (C=O) groups is 1. The number of hydrazone groups is 1. The zero-order valence-corrected chi connectivity index (χ0v) is 12.0. The van der Waals surface area contributed by atoms with Gasteiger partial charge in [0.05, 0.1) is 5.71 Å². The lowest BCUT2D eigenvalue weighted by molar-refractivity contribution is -0.128. The van der Waals surface area contributed by atoms with Gasteiger partial charge < -0.3 is 0 Å². The molecule has 0 N–H and O–H groups in total. The SMILES string of the molecule is CN1N=C(c2ccc(Br)cc2)C(C)(Br)C1=O. The number of rotatable bonds is 1. The molecule has 0 aromatic heterocycles. The first-order valence-corrected chi connectivity index (χ1v) is 6.33. The highest BCUT2D eigenvalue weighted by Crippen LogP contribution is 2.31. The van der Waals surface area contributed by atoms with Crippen LogP contribution >= 0.6 is 31.9 Å². The Bertz CT molecular complexity index is 465. The van der Waals surface area contributed by atoms with Gasteiger partial charge >= 0.3 is 0 Å². The van der Waals surface area contributed by atoms with Gasteiger partial charge in [0, 0.05) is 11.5 Å². The molecule has 1 amide bonds. The average Bonchev–Trinajstić information content (AvgIpc) is 2.44. The van der Waals surface area contributed by atoms with Gasteiger partial charge in [0.1, 0.15) is 4.32 Å². The molecule has 0 saturated heterocycles. The predicted octanol–water partition coefficient (Wildman–Crippen LogP) is 2.78. The van der Waals surface area contributed by atoms with E-state index in [0.29, 0.717) is 0 Å². The fourth-order valence-corrected chi connectivity index (χ4v) is 2.46. The molecule has 1 aromatic rings. The Balaban J connectivity index is 2.46. The summed E-state index contributed by atoms with van der Waals surface area (Å²) in [6, 6.07) is 7.75. The number of nitrogens with zero attached hydrogens (tertiary/aromatic N) is 2. The Labute approximate surface area is 111 Å². The molecule has 16 heavy (non-hydrogen) atoms. The van der Waals surface area contributed by atoms with Gasteiger partial charge in [0.25, 0.3) is 5.91 Å². The van der Waals surface area contributed by atoms with E-state index >= 15 is 0 Å². The third-order valence-electron chi connectivity index (χ3n) is 2.51. The van der Waals surface area contributed by atoms with Crippen molar-refractivity contribution in [2.24, 2.45) is 5.10 Å². The van der Waals surface area contributed by atoms with E-state index in [2.05, 4.69) is 37.0 Å². The van der Waals surface area contributed by atoms with Gasteiger partial charge in [-0.25, -0.2) is 5.01 Å². The van der Waals surface area contributed by atoms with Crippen molar-refractivity contribution in [1.82, 2.24) is 5.01 Å². The number of amides is 1. The molecule has 0 bridgehead atoms. The van der Waals surface area contributed by atoms with Crippen molar-refractivity contribution in [3.8, 4) is 0 Å². The van der Waals surface area contributed by atoms with Crippen LogP contribution in [0.15, 0.2) is 33.8 Å². The Morgan fingerprint density at radius 2 is 1.88 bits per heavy atom. The minimum Gasteiger partial charge on any atom is -0.271 e. The van der Waals surface area contributed by atoms with Crippen LogP contribution in [0.4, 0.5) is 0 Å². The summed E-state index contributed by atoms with van der Waals surface area (Å²) in [6.45, 7) is 1.82. The maximum atomic E-state index is 11.8. The molecule has 0 spiro atoms. The minimum absolute atomic E-state index is 0.0505. The van der Waals surface area contributed by atoms with E-state index in [9.17, 15) is 4.79 Å². The first-order chi connectivity index (χ1) is 7.43. The second-order valence-corrected chi connectivity index (χ2v) is 6.29. The molecular weight excluding hydrogens is 336 g/mol. The first kappa shape index (κ1) is 11.8. The third-order valence-corrected chi connectivity index (χ3v) is 3.75. The highest BCUT2D eigenvalue weighted by atomic mass is 79.9. The molecule has 1 atom stereocenters. The Kier molecular flexibility index (Phi) is 2.92. The van der Waals surface area contributed by atoms with Gasteiger partial charge in [-0.2, -0.15) is 5.10 Å². The first-order valence-electron chi connectivity index (χ1n) is 4.75. The van der Waals surface area contributed by atoms with Crippen LogP contribution in [0.2, 0.25) is 0 Å². The molecule has 0 saturated carbocycles. The Morgan fingerprint density at radius 3 is 2.31 bits per heavy atom. The van der Waals surface area contributed by atoms with Gasteiger partial charge in [-0.05, 0) is 24.6 Å². The van der Waals surface area contributed by atoms with Crippen LogP contribution in [-0.4, -0.2) is 28.0 Å². The molecule has 5 heteroatoms. The number of alkyl halides is 1. The smallest absolute Gasteiger partial charge is 0.265 e. The standard InChI is InChI=1S/C11H10Br2N2O/c1-11(13)9(14-15(2)10(11)16)7-3-5-8(12)6-4-7/h3-6H,1-2H3. The van der Waals surface area contributed by atoms with Crippen molar-refractivity contribution in [2.45, 2.75) is 11.2 Å². The quantitative estimate of drug-likeness (QED) is 0.720. The Morgan fingerprint density at radius 1 is 1.31 bits per heavy atom. The largest absolute Gasteiger partial charge is 0.271 e. The molecule has 84 valence electrons. The van der Waals surface area contributed by atoms with Crippen molar-refractivity contribution in [1.29, 1.82) is 0 Å². The summed E-state index contributed by atoms with van der Waals surface area (Å²) >= 11 is 6.81. The predicted molar refractivity (Wildman–Crippen MR) is 70.8 cm³/mol. The van der Waals surface area contributed by atoms with Crippen molar-refractivity contribution in [3.63, 3.8) is 0 Å². The molecule has 3 nitrogen and oxygen atoms in total. The third kappa shape index (κ3) is 1.82. The molecular formula is C11H10Br2N2O. The fourth-order valence-electron chi connectivity index (χ4n) is 1.63. The van der Waals surface area contributed by atoms with Crippen LogP contribution in [0.5, 0.6) is 0 Å². The second-order valence-electron chi connectivity index (χ2n) is 3.79. The maximum absolute atomic E-state index is 11.8. The zero-order valence-electron chi connectivity index (χ0n) is 8.87. The van der Waals surface area contributed by atoms with E-state index in [-0.39, 0.29) is 5.91 Å². The number of benzene rings is 1. The highest BCUT2D eigenvalue weighted by molar-refractivity contribution is 9.10. The van der Waals surface area contributed by atoms with E-state index in [0.717, 1.165) is 15.7 Å². The molecule has 2 rings (SSSR count). The summed E-state index contributed by atoms with van der Waals surface area (Å²) < 4.78 is 0.279. The van der Waals surface area contributed by atoms with E-state index in [1.807, 2.05) is 31.2 Å². The average molecular weight is 346 g/mol. The van der Waals surface area contributed by atoms with Gasteiger partial charge in [-0.1, -0.05) is 44.0 Å². The number of hydrogen-bond donors (Lipinski definition) is 0. The summed E-state index contributed by atoms with van der Waals surface area (Å²) in [5, 5.41) is 5.63. The summed E-state index contributed by atoms with van der Waals surface area (Å²) in [7, 11) is 1.66. The van der Waals surface area contributed by atoms with Crippen molar-refractivity contribution in [2.75, 3.05) is 7.05 Å². The number of hydrogen-bond acceptors (Lipinski definition) is 2. The van der Waals surface area contributed by atoms with E-state index < -0.39 is 4.32 Å². The molecule has 1 aliphatic heterocycles. The number of carbonyl (C=O) groups excluding carboxylic acids is 1. The van der Waals surface area contributed by atoms with Crippen molar-refractivity contribution in [3.05, 3.63) is 34.3 Å². The molecule has 0 fully saturated rings. The lowest BCUT2D eigenvalue weighted by Gasteiger charge is -2.15. The molecule has 1 aromatic carbocycles. The summed E-state index contributed by atoms with van der Waals surface area (Å²) in [4.78, 5) is 11.8. The normalized spacial score (nSPS) is 24.9. The van der Waals surface area contributed by atoms with Crippen LogP contribution in [-0.2, 0) is 4.79 Å². The van der Waals surface area contributed by atoms with Gasteiger partial charge in [-0.15, -0.1) is 0 Å². The lowest BCUT2D eigenvalue weighted by Crippen LogP contribution is -2.37. The van der Waals surface area contributed by atoms with E-state index in [4.69, 9.17) is 0 Å². The number of halogens is 2. The monoisotopic (exact) mass is 344 g/mol. The van der Waals surface area contributed by atoms with Crippen LogP contribution in [0, 0.1) is 0 Å². The summed E-state index contributed by atoms with van der Waals surface area (Å²) in [5.74, 6) is -0.0505. The van der Waals surface area contributed by atoms with Crippen molar-refractivity contribution < 1.29 is 4.79 Å².